The Kier molecular flexibility index (Phi) is 4.42. The van der Waals surface area contributed by atoms with Crippen LogP contribution in [0.3, 0.4) is 0 Å². The third-order valence-electron chi connectivity index (χ3n) is 2.60. The second-order valence-corrected chi connectivity index (χ2v) is 4.35. The quantitative estimate of drug-likeness (QED) is 0.839. The van der Waals surface area contributed by atoms with Crippen molar-refractivity contribution < 1.29 is 19.2 Å². The molecule has 0 bridgehead atoms. The standard InChI is InChI=1S/C13H11BClFO3/c15-11-7-10(14(17)18)5-6-13(11)19-8-9-3-1-2-4-12(9)16/h1-7,17-18H,8H2. The highest BCUT2D eigenvalue weighted by Crippen LogP contribution is 2.24. The second kappa shape index (κ2) is 6.06. The molecule has 0 saturated heterocycles. The smallest absolute Gasteiger partial charge is 0.487 e. The molecule has 0 aromatic heterocycles. The topological polar surface area (TPSA) is 49.7 Å². The van der Waals surface area contributed by atoms with Gasteiger partial charge < -0.3 is 14.8 Å². The summed E-state index contributed by atoms with van der Waals surface area (Å²) >= 11 is 5.94. The molecule has 0 fully saturated rings. The zero-order chi connectivity index (χ0) is 13.8. The molecule has 6 heteroatoms. The number of halogens is 2. The van der Waals surface area contributed by atoms with E-state index in [0.29, 0.717) is 11.3 Å². The molecule has 0 amide bonds. The largest absolute Gasteiger partial charge is 0.488 e. The molecule has 0 aliphatic heterocycles. The Morgan fingerprint density at radius 2 is 1.89 bits per heavy atom. The van der Waals surface area contributed by atoms with Crippen LogP contribution in [0.2, 0.25) is 5.02 Å². The van der Waals surface area contributed by atoms with Gasteiger partial charge in [-0.05, 0) is 23.7 Å². The predicted molar refractivity (Wildman–Crippen MR) is 72.0 cm³/mol. The van der Waals surface area contributed by atoms with Crippen molar-refractivity contribution in [2.45, 2.75) is 6.61 Å². The van der Waals surface area contributed by atoms with Gasteiger partial charge in [-0.25, -0.2) is 4.39 Å². The van der Waals surface area contributed by atoms with Crippen LogP contribution >= 0.6 is 11.6 Å². The molecule has 3 nitrogen and oxygen atoms in total. The molecular formula is C13H11BClFO3. The summed E-state index contributed by atoms with van der Waals surface area (Å²) in [4.78, 5) is 0. The van der Waals surface area contributed by atoms with Crippen LogP contribution in [0.1, 0.15) is 5.56 Å². The fourth-order valence-corrected chi connectivity index (χ4v) is 1.81. The summed E-state index contributed by atoms with van der Waals surface area (Å²) < 4.78 is 18.8. The molecule has 0 unspecified atom stereocenters. The average Bonchev–Trinajstić information content (AvgIpc) is 2.39. The maximum absolute atomic E-state index is 13.4. The van der Waals surface area contributed by atoms with E-state index < -0.39 is 7.12 Å². The Labute approximate surface area is 115 Å². The van der Waals surface area contributed by atoms with E-state index in [0.717, 1.165) is 0 Å². The van der Waals surface area contributed by atoms with E-state index >= 15 is 0 Å². The third kappa shape index (κ3) is 3.47. The summed E-state index contributed by atoms with van der Waals surface area (Å²) in [5.41, 5.74) is 0.688. The van der Waals surface area contributed by atoms with Gasteiger partial charge in [0.1, 0.15) is 18.2 Å². The minimum absolute atomic E-state index is 0.0490. The summed E-state index contributed by atoms with van der Waals surface area (Å²) in [5, 5.41) is 18.2. The summed E-state index contributed by atoms with van der Waals surface area (Å²) in [6.45, 7) is 0.0490. The highest BCUT2D eigenvalue weighted by Gasteiger charge is 2.13. The fourth-order valence-electron chi connectivity index (χ4n) is 1.57. The van der Waals surface area contributed by atoms with E-state index in [1.54, 1.807) is 18.2 Å². The molecule has 0 aliphatic rings. The fraction of sp³-hybridized carbons (Fsp3) is 0.0769. The molecule has 19 heavy (non-hydrogen) atoms. The first-order chi connectivity index (χ1) is 9.08. The number of hydrogen-bond acceptors (Lipinski definition) is 3. The van der Waals surface area contributed by atoms with Gasteiger partial charge in [0.05, 0.1) is 5.02 Å². The van der Waals surface area contributed by atoms with Crippen LogP contribution in [-0.4, -0.2) is 17.2 Å². The summed E-state index contributed by atoms with van der Waals surface area (Å²) in [6.07, 6.45) is 0. The minimum atomic E-state index is -1.59. The molecular weight excluding hydrogens is 269 g/mol. The Bertz CT molecular complexity index is 578. The van der Waals surface area contributed by atoms with Crippen molar-refractivity contribution in [1.82, 2.24) is 0 Å². The first-order valence-corrected chi connectivity index (χ1v) is 5.97. The Balaban J connectivity index is 2.10. The van der Waals surface area contributed by atoms with Gasteiger partial charge in [-0.3, -0.25) is 0 Å². The predicted octanol–water partition coefficient (Wildman–Crippen LogP) is 1.74. The van der Waals surface area contributed by atoms with Crippen LogP contribution in [0.25, 0.3) is 0 Å². The maximum Gasteiger partial charge on any atom is 0.488 e. The molecule has 0 aliphatic carbocycles. The van der Waals surface area contributed by atoms with Crippen molar-refractivity contribution in [3.63, 3.8) is 0 Å². The van der Waals surface area contributed by atoms with Gasteiger partial charge >= 0.3 is 7.12 Å². The van der Waals surface area contributed by atoms with E-state index in [9.17, 15) is 4.39 Å². The maximum atomic E-state index is 13.4. The molecule has 2 rings (SSSR count). The summed E-state index contributed by atoms with van der Waals surface area (Å²) in [6, 6.07) is 10.7. The molecule has 2 aromatic carbocycles. The highest BCUT2D eigenvalue weighted by molar-refractivity contribution is 6.59. The lowest BCUT2D eigenvalue weighted by Gasteiger charge is -2.10. The highest BCUT2D eigenvalue weighted by atomic mass is 35.5. The zero-order valence-corrected chi connectivity index (χ0v) is 10.6. The molecule has 0 atom stereocenters. The molecule has 0 spiro atoms. The molecule has 2 aromatic rings. The van der Waals surface area contributed by atoms with Crippen LogP contribution in [0.15, 0.2) is 42.5 Å². The van der Waals surface area contributed by atoms with Crippen molar-refractivity contribution in [2.24, 2.45) is 0 Å². The van der Waals surface area contributed by atoms with E-state index in [1.165, 1.54) is 24.3 Å². The van der Waals surface area contributed by atoms with Crippen molar-refractivity contribution >= 4 is 24.2 Å². The van der Waals surface area contributed by atoms with Crippen molar-refractivity contribution in [3.05, 3.63) is 58.9 Å². The van der Waals surface area contributed by atoms with Gasteiger partial charge in [-0.1, -0.05) is 35.9 Å². The third-order valence-corrected chi connectivity index (χ3v) is 2.89. The van der Waals surface area contributed by atoms with Gasteiger partial charge in [0.15, 0.2) is 0 Å². The van der Waals surface area contributed by atoms with E-state index in [4.69, 9.17) is 26.4 Å². The number of hydrogen-bond donors (Lipinski definition) is 2. The van der Waals surface area contributed by atoms with Gasteiger partial charge in [0, 0.05) is 5.56 Å². The lowest BCUT2D eigenvalue weighted by molar-refractivity contribution is 0.300. The van der Waals surface area contributed by atoms with Crippen molar-refractivity contribution in [2.75, 3.05) is 0 Å². The SMILES string of the molecule is OB(O)c1ccc(OCc2ccccc2F)c(Cl)c1. The second-order valence-electron chi connectivity index (χ2n) is 3.94. The number of rotatable bonds is 4. The van der Waals surface area contributed by atoms with E-state index in [2.05, 4.69) is 0 Å². The van der Waals surface area contributed by atoms with Gasteiger partial charge in [0.2, 0.25) is 0 Å². The first kappa shape index (κ1) is 13.9. The Morgan fingerprint density at radius 3 is 2.53 bits per heavy atom. The van der Waals surface area contributed by atoms with E-state index in [-0.39, 0.29) is 22.9 Å². The molecule has 98 valence electrons. The van der Waals surface area contributed by atoms with Gasteiger partial charge in [-0.15, -0.1) is 0 Å². The monoisotopic (exact) mass is 280 g/mol. The molecule has 0 saturated carbocycles. The number of benzene rings is 2. The lowest BCUT2D eigenvalue weighted by Crippen LogP contribution is -2.29. The normalized spacial score (nSPS) is 10.3. The van der Waals surface area contributed by atoms with E-state index in [1.807, 2.05) is 0 Å². The summed E-state index contributed by atoms with van der Waals surface area (Å²) in [7, 11) is -1.59. The van der Waals surface area contributed by atoms with Crippen LogP contribution in [0.5, 0.6) is 5.75 Å². The lowest BCUT2D eigenvalue weighted by atomic mass is 9.80. The van der Waals surface area contributed by atoms with Crippen LogP contribution in [0.4, 0.5) is 4.39 Å². The van der Waals surface area contributed by atoms with Gasteiger partial charge in [0.25, 0.3) is 0 Å². The average molecular weight is 280 g/mol. The number of ether oxygens (including phenoxy) is 1. The van der Waals surface area contributed by atoms with Gasteiger partial charge in [-0.2, -0.15) is 0 Å². The molecule has 0 heterocycles. The zero-order valence-electron chi connectivity index (χ0n) is 9.88. The van der Waals surface area contributed by atoms with Crippen molar-refractivity contribution in [1.29, 1.82) is 0 Å². The minimum Gasteiger partial charge on any atom is -0.487 e. The van der Waals surface area contributed by atoms with Crippen molar-refractivity contribution in [3.8, 4) is 5.75 Å². The molecule has 0 radical (unpaired) electrons. The van der Waals surface area contributed by atoms with Crippen LogP contribution in [-0.2, 0) is 6.61 Å². The van der Waals surface area contributed by atoms with Crippen LogP contribution < -0.4 is 10.2 Å². The van der Waals surface area contributed by atoms with Crippen LogP contribution in [0, 0.1) is 5.82 Å². The Hall–Kier alpha value is -1.56. The Morgan fingerprint density at radius 1 is 1.16 bits per heavy atom. The summed E-state index contributed by atoms with van der Waals surface area (Å²) in [5.74, 6) is 0.00958. The first-order valence-electron chi connectivity index (χ1n) is 5.59. The molecule has 2 N–H and O–H groups in total.